The van der Waals surface area contributed by atoms with Crippen molar-refractivity contribution in [1.82, 2.24) is 5.32 Å². The second-order valence-corrected chi connectivity index (χ2v) is 3.85. The third-order valence-corrected chi connectivity index (χ3v) is 2.35. The molecule has 1 atom stereocenters. The van der Waals surface area contributed by atoms with E-state index in [1.54, 1.807) is 0 Å². The van der Waals surface area contributed by atoms with Crippen LogP contribution in [-0.4, -0.2) is 17.4 Å². The molecule has 0 aliphatic heterocycles. The van der Waals surface area contributed by atoms with E-state index in [-0.39, 0.29) is 5.56 Å². The summed E-state index contributed by atoms with van der Waals surface area (Å²) in [5, 5.41) is 12.7. The first-order valence-corrected chi connectivity index (χ1v) is 5.27. The molecular weight excluding hydrogens is 265 g/mol. The molecule has 1 rings (SSSR count). The number of carbonyl (C=O) groups is 1. The largest absolute Gasteiger partial charge is 0.416 e. The van der Waals surface area contributed by atoms with Crippen molar-refractivity contribution in [2.24, 2.45) is 0 Å². The Morgan fingerprint density at radius 3 is 2.47 bits per heavy atom. The Hall–Kier alpha value is -2.12. The van der Waals surface area contributed by atoms with Crippen LogP contribution in [-0.2, 0) is 11.0 Å². The monoisotopic (exact) mass is 276 g/mol. The Kier molecular flexibility index (Phi) is 4.47. The van der Waals surface area contributed by atoms with E-state index >= 15 is 0 Å². The van der Waals surface area contributed by atoms with Crippen molar-refractivity contribution >= 4 is 5.91 Å². The van der Waals surface area contributed by atoms with Crippen LogP contribution in [0.4, 0.5) is 13.2 Å². The number of nitro groups is 1. The van der Waals surface area contributed by atoms with Crippen molar-refractivity contribution in [2.75, 3.05) is 6.54 Å². The Morgan fingerprint density at radius 1 is 1.42 bits per heavy atom. The van der Waals surface area contributed by atoms with Crippen LogP contribution in [0.5, 0.6) is 0 Å². The minimum absolute atomic E-state index is 0.318. The molecule has 1 amide bonds. The lowest BCUT2D eigenvalue weighted by molar-refractivity contribution is -0.484. The molecule has 0 bridgehead atoms. The van der Waals surface area contributed by atoms with Gasteiger partial charge in [0.1, 0.15) is 6.04 Å². The van der Waals surface area contributed by atoms with Gasteiger partial charge in [0, 0.05) is 11.8 Å². The minimum atomic E-state index is -4.64. The number of amides is 1. The minimum Gasteiger partial charge on any atom is -0.343 e. The van der Waals surface area contributed by atoms with Gasteiger partial charge in [0.05, 0.1) is 5.56 Å². The molecule has 1 unspecified atom stereocenters. The van der Waals surface area contributed by atoms with Gasteiger partial charge in [-0.15, -0.1) is 0 Å². The lowest BCUT2D eigenvalue weighted by Crippen LogP contribution is -2.32. The van der Waals surface area contributed by atoms with Crippen molar-refractivity contribution in [3.8, 4) is 0 Å². The summed E-state index contributed by atoms with van der Waals surface area (Å²) in [5.41, 5.74) is -1.31. The van der Waals surface area contributed by atoms with E-state index in [2.05, 4.69) is 5.32 Å². The molecule has 5 nitrogen and oxygen atoms in total. The van der Waals surface area contributed by atoms with Crippen molar-refractivity contribution in [2.45, 2.75) is 19.1 Å². The molecule has 0 aliphatic rings. The van der Waals surface area contributed by atoms with Crippen LogP contribution in [0.15, 0.2) is 24.3 Å². The number of nitrogens with one attached hydrogen (secondary N) is 1. The summed E-state index contributed by atoms with van der Waals surface area (Å²) in [6.45, 7) is 0.274. The van der Waals surface area contributed by atoms with Crippen molar-refractivity contribution in [1.29, 1.82) is 0 Å². The quantitative estimate of drug-likeness (QED) is 0.676. The normalized spacial score (nSPS) is 12.8. The van der Waals surface area contributed by atoms with Gasteiger partial charge >= 0.3 is 6.18 Å². The number of carbonyl (C=O) groups excluding carboxylic acids is 1. The molecule has 0 saturated carbocycles. The van der Waals surface area contributed by atoms with Crippen LogP contribution >= 0.6 is 0 Å². The fourth-order valence-electron chi connectivity index (χ4n) is 1.68. The van der Waals surface area contributed by atoms with E-state index in [0.29, 0.717) is 0 Å². The van der Waals surface area contributed by atoms with Crippen LogP contribution in [0, 0.1) is 10.1 Å². The average Bonchev–Trinajstić information content (AvgIpc) is 2.25. The number of halogens is 3. The van der Waals surface area contributed by atoms with E-state index < -0.39 is 35.2 Å². The zero-order chi connectivity index (χ0) is 14.6. The number of hydrogen-bond acceptors (Lipinski definition) is 3. The molecule has 0 fully saturated rings. The molecule has 8 heteroatoms. The first-order chi connectivity index (χ1) is 8.71. The van der Waals surface area contributed by atoms with Crippen LogP contribution in [0.3, 0.4) is 0 Å². The maximum absolute atomic E-state index is 12.8. The second-order valence-electron chi connectivity index (χ2n) is 3.85. The molecule has 19 heavy (non-hydrogen) atoms. The van der Waals surface area contributed by atoms with Crippen molar-refractivity contribution in [3.63, 3.8) is 0 Å². The van der Waals surface area contributed by atoms with E-state index in [1.165, 1.54) is 12.1 Å². The Labute approximate surface area is 106 Å². The summed E-state index contributed by atoms with van der Waals surface area (Å²) in [5.74, 6) is -0.635. The van der Waals surface area contributed by atoms with E-state index in [9.17, 15) is 28.1 Å². The molecule has 1 N–H and O–H groups in total. The predicted molar refractivity (Wildman–Crippen MR) is 59.9 cm³/mol. The maximum Gasteiger partial charge on any atom is 0.416 e. The maximum atomic E-state index is 12.8. The molecule has 1 aromatic rings. The summed E-state index contributed by atoms with van der Waals surface area (Å²) in [6, 6.07) is 3.14. The number of benzene rings is 1. The van der Waals surface area contributed by atoms with Crippen molar-refractivity contribution in [3.05, 3.63) is 45.5 Å². The van der Waals surface area contributed by atoms with Gasteiger partial charge in [0.15, 0.2) is 0 Å². The van der Waals surface area contributed by atoms with Gasteiger partial charge in [0.2, 0.25) is 12.5 Å². The molecule has 0 heterocycles. The van der Waals surface area contributed by atoms with Crippen LogP contribution in [0.25, 0.3) is 0 Å². The Balaban J connectivity index is 3.21. The van der Waals surface area contributed by atoms with Gasteiger partial charge in [-0.3, -0.25) is 14.9 Å². The molecule has 0 saturated heterocycles. The summed E-state index contributed by atoms with van der Waals surface area (Å²) in [4.78, 5) is 20.7. The van der Waals surface area contributed by atoms with Gasteiger partial charge < -0.3 is 5.32 Å². The molecule has 0 aromatic heterocycles. The smallest absolute Gasteiger partial charge is 0.343 e. The average molecular weight is 276 g/mol. The zero-order valence-corrected chi connectivity index (χ0v) is 9.90. The Bertz CT molecular complexity index is 472. The van der Waals surface area contributed by atoms with Gasteiger partial charge in [-0.2, -0.15) is 13.2 Å². The predicted octanol–water partition coefficient (Wildman–Crippen LogP) is 2.16. The van der Waals surface area contributed by atoms with Gasteiger partial charge in [-0.25, -0.2) is 0 Å². The highest BCUT2D eigenvalue weighted by molar-refractivity contribution is 5.73. The van der Waals surface area contributed by atoms with Crippen molar-refractivity contribution < 1.29 is 22.9 Å². The zero-order valence-electron chi connectivity index (χ0n) is 9.90. The highest BCUT2D eigenvalue weighted by Gasteiger charge is 2.36. The third-order valence-electron chi connectivity index (χ3n) is 2.35. The molecule has 0 radical (unpaired) electrons. The highest BCUT2D eigenvalue weighted by atomic mass is 19.4. The molecule has 0 aliphatic carbocycles. The number of rotatable bonds is 4. The summed E-state index contributed by atoms with van der Waals surface area (Å²) in [6.07, 6.45) is -4.64. The first-order valence-electron chi connectivity index (χ1n) is 5.27. The Morgan fingerprint density at radius 2 is 2.00 bits per heavy atom. The van der Waals surface area contributed by atoms with Crippen LogP contribution in [0.2, 0.25) is 0 Å². The molecule has 104 valence electrons. The van der Waals surface area contributed by atoms with E-state index in [4.69, 9.17) is 0 Å². The summed E-state index contributed by atoms with van der Waals surface area (Å²) < 4.78 is 38.4. The third kappa shape index (κ3) is 4.23. The first kappa shape index (κ1) is 14.9. The van der Waals surface area contributed by atoms with Gasteiger partial charge in [-0.05, 0) is 11.6 Å². The fourth-order valence-corrected chi connectivity index (χ4v) is 1.68. The summed E-state index contributed by atoms with van der Waals surface area (Å²) >= 11 is 0. The molecular formula is C11H11F3N2O3. The van der Waals surface area contributed by atoms with Crippen LogP contribution < -0.4 is 5.32 Å². The van der Waals surface area contributed by atoms with Gasteiger partial charge in [-0.1, -0.05) is 18.2 Å². The van der Waals surface area contributed by atoms with E-state index in [1.807, 2.05) is 0 Å². The summed E-state index contributed by atoms with van der Waals surface area (Å²) in [7, 11) is 0. The number of alkyl halides is 3. The second kappa shape index (κ2) is 5.68. The number of nitrogens with zero attached hydrogens (tertiary/aromatic N) is 1. The highest BCUT2D eigenvalue weighted by Crippen LogP contribution is 2.34. The topological polar surface area (TPSA) is 72.2 Å². The van der Waals surface area contributed by atoms with E-state index in [0.717, 1.165) is 19.1 Å². The number of hydrogen-bond donors (Lipinski definition) is 1. The lowest BCUT2D eigenvalue weighted by atomic mass is 9.99. The van der Waals surface area contributed by atoms with Crippen LogP contribution in [0.1, 0.15) is 24.1 Å². The SMILES string of the molecule is CC(=O)NC(C[N+](=O)[O-])c1ccccc1C(F)(F)F. The standard InChI is InChI=1S/C11H11F3N2O3/c1-7(17)15-10(6-16(18)19)8-4-2-3-5-9(8)11(12,13)14/h2-5,10H,6H2,1H3,(H,15,17). The molecule has 1 aromatic carbocycles. The van der Waals surface area contributed by atoms with Gasteiger partial charge in [0.25, 0.3) is 0 Å². The molecule has 0 spiro atoms. The lowest BCUT2D eigenvalue weighted by Gasteiger charge is -2.19. The fraction of sp³-hybridized carbons (Fsp3) is 0.364.